The van der Waals surface area contributed by atoms with Gasteiger partial charge in [-0.05, 0) is 19.1 Å². The molecule has 2 aromatic heterocycles. The SMILES string of the molecule is COC(=O)c1c(C)[nH]n(-c2cccc(Cl)n2)c1=S. The molecule has 18 heavy (non-hydrogen) atoms. The van der Waals surface area contributed by atoms with Gasteiger partial charge in [0.05, 0.1) is 7.11 Å². The van der Waals surface area contributed by atoms with Gasteiger partial charge < -0.3 is 4.74 Å². The van der Waals surface area contributed by atoms with Gasteiger partial charge in [-0.2, -0.15) is 0 Å². The Bertz CT molecular complexity index is 663. The summed E-state index contributed by atoms with van der Waals surface area (Å²) in [7, 11) is 1.31. The zero-order valence-electron chi connectivity index (χ0n) is 9.73. The van der Waals surface area contributed by atoms with Crippen LogP contribution in [0.3, 0.4) is 0 Å². The summed E-state index contributed by atoms with van der Waals surface area (Å²) in [5.74, 6) is 0.0419. The van der Waals surface area contributed by atoms with Crippen LogP contribution in [-0.4, -0.2) is 27.8 Å². The smallest absolute Gasteiger partial charge is 0.342 e. The highest BCUT2D eigenvalue weighted by Crippen LogP contribution is 2.15. The number of aromatic nitrogens is 3. The topological polar surface area (TPSA) is 59.9 Å². The molecule has 94 valence electrons. The first-order chi connectivity index (χ1) is 8.54. The van der Waals surface area contributed by atoms with Gasteiger partial charge in [-0.3, -0.25) is 5.10 Å². The van der Waals surface area contributed by atoms with Crippen LogP contribution in [0.4, 0.5) is 0 Å². The van der Waals surface area contributed by atoms with E-state index in [1.165, 1.54) is 11.8 Å². The van der Waals surface area contributed by atoms with Crippen LogP contribution in [0.5, 0.6) is 0 Å². The van der Waals surface area contributed by atoms with Crippen molar-refractivity contribution in [3.8, 4) is 5.82 Å². The minimum Gasteiger partial charge on any atom is -0.465 e. The Hall–Kier alpha value is -1.66. The summed E-state index contributed by atoms with van der Waals surface area (Å²) in [6, 6.07) is 5.14. The van der Waals surface area contributed by atoms with Gasteiger partial charge >= 0.3 is 5.97 Å². The Balaban J connectivity index is 2.61. The van der Waals surface area contributed by atoms with Crippen LogP contribution < -0.4 is 0 Å². The number of hydrogen-bond donors (Lipinski definition) is 1. The minimum absolute atomic E-state index is 0.314. The fourth-order valence-electron chi connectivity index (χ4n) is 1.57. The Labute approximate surface area is 113 Å². The van der Waals surface area contributed by atoms with Gasteiger partial charge in [-0.25, -0.2) is 14.5 Å². The number of carbonyl (C=O) groups excluding carboxylic acids is 1. The maximum Gasteiger partial charge on any atom is 0.342 e. The van der Waals surface area contributed by atoms with Crippen LogP contribution in [0.15, 0.2) is 18.2 Å². The highest BCUT2D eigenvalue weighted by molar-refractivity contribution is 7.71. The second-order valence-corrected chi connectivity index (χ2v) is 4.34. The van der Waals surface area contributed by atoms with Gasteiger partial charge in [-0.15, -0.1) is 0 Å². The second-order valence-electron chi connectivity index (χ2n) is 3.56. The number of carbonyl (C=O) groups is 1. The van der Waals surface area contributed by atoms with Crippen LogP contribution >= 0.6 is 23.8 Å². The summed E-state index contributed by atoms with van der Waals surface area (Å²) in [6.45, 7) is 1.74. The molecule has 0 bridgehead atoms. The van der Waals surface area contributed by atoms with Gasteiger partial charge in [0.1, 0.15) is 15.4 Å². The van der Waals surface area contributed by atoms with Gasteiger partial charge in [0.2, 0.25) is 0 Å². The van der Waals surface area contributed by atoms with Crippen molar-refractivity contribution in [3.05, 3.63) is 39.3 Å². The first kappa shape index (κ1) is 12.8. The molecule has 0 aliphatic heterocycles. The van der Waals surface area contributed by atoms with E-state index in [-0.39, 0.29) is 0 Å². The van der Waals surface area contributed by atoms with Crippen molar-refractivity contribution in [1.82, 2.24) is 14.8 Å². The fourth-order valence-corrected chi connectivity index (χ4v) is 2.11. The molecule has 2 heterocycles. The van der Waals surface area contributed by atoms with Gasteiger partial charge in [-0.1, -0.05) is 29.9 Å². The number of methoxy groups -OCH3 is 1. The van der Waals surface area contributed by atoms with Crippen LogP contribution in [0.2, 0.25) is 5.15 Å². The van der Waals surface area contributed by atoms with Gasteiger partial charge in [0.25, 0.3) is 0 Å². The first-order valence-electron chi connectivity index (χ1n) is 5.07. The Kier molecular flexibility index (Phi) is 3.49. The number of pyridine rings is 1. The molecule has 1 N–H and O–H groups in total. The first-order valence-corrected chi connectivity index (χ1v) is 5.86. The molecule has 0 aromatic carbocycles. The Morgan fingerprint density at radius 2 is 2.28 bits per heavy atom. The quantitative estimate of drug-likeness (QED) is 0.523. The average Bonchev–Trinajstić information content (AvgIpc) is 2.64. The summed E-state index contributed by atoms with van der Waals surface area (Å²) in [4.78, 5) is 15.7. The summed E-state index contributed by atoms with van der Waals surface area (Å²) >= 11 is 11.0. The normalized spacial score (nSPS) is 10.4. The number of rotatable bonds is 2. The lowest BCUT2D eigenvalue weighted by atomic mass is 10.3. The van der Waals surface area contributed by atoms with Gasteiger partial charge in [0, 0.05) is 5.69 Å². The van der Waals surface area contributed by atoms with Crippen molar-refractivity contribution >= 4 is 29.8 Å². The third-order valence-corrected chi connectivity index (χ3v) is 2.99. The average molecular weight is 284 g/mol. The van der Waals surface area contributed by atoms with Crippen molar-refractivity contribution in [3.63, 3.8) is 0 Å². The lowest BCUT2D eigenvalue weighted by molar-refractivity contribution is 0.0599. The Morgan fingerprint density at radius 1 is 1.56 bits per heavy atom. The molecule has 0 radical (unpaired) electrons. The molecule has 2 rings (SSSR count). The number of H-pyrrole nitrogens is 1. The Morgan fingerprint density at radius 3 is 2.89 bits per heavy atom. The van der Waals surface area contributed by atoms with E-state index in [0.29, 0.717) is 26.9 Å². The number of hydrogen-bond acceptors (Lipinski definition) is 4. The maximum absolute atomic E-state index is 11.6. The molecule has 0 aliphatic carbocycles. The molecule has 0 aliphatic rings. The van der Waals surface area contributed by atoms with Crippen molar-refractivity contribution in [1.29, 1.82) is 0 Å². The van der Waals surface area contributed by atoms with E-state index in [2.05, 4.69) is 14.8 Å². The van der Waals surface area contributed by atoms with Crippen LogP contribution in [0.1, 0.15) is 16.1 Å². The van der Waals surface area contributed by atoms with Crippen molar-refractivity contribution in [2.45, 2.75) is 6.92 Å². The number of ether oxygens (including phenoxy) is 1. The van der Waals surface area contributed by atoms with Crippen molar-refractivity contribution in [2.75, 3.05) is 7.11 Å². The standard InChI is InChI=1S/C11H10ClN3O2S/c1-6-9(11(16)17-2)10(18)15(14-6)8-5-3-4-7(12)13-8/h3-5,14H,1-2H3. The second kappa shape index (κ2) is 4.91. The number of nitrogens with zero attached hydrogens (tertiary/aromatic N) is 2. The van der Waals surface area contributed by atoms with E-state index >= 15 is 0 Å². The largest absolute Gasteiger partial charge is 0.465 e. The summed E-state index contributed by atoms with van der Waals surface area (Å²) in [6.07, 6.45) is 0. The molecular weight excluding hydrogens is 274 g/mol. The third kappa shape index (κ3) is 2.16. The molecule has 0 spiro atoms. The van der Waals surface area contributed by atoms with E-state index in [1.807, 2.05) is 0 Å². The monoisotopic (exact) mass is 283 g/mol. The molecule has 0 amide bonds. The van der Waals surface area contributed by atoms with E-state index in [1.54, 1.807) is 25.1 Å². The molecule has 0 atom stereocenters. The van der Waals surface area contributed by atoms with Gasteiger partial charge in [0.15, 0.2) is 5.82 Å². The number of esters is 1. The van der Waals surface area contributed by atoms with Crippen LogP contribution in [-0.2, 0) is 4.74 Å². The minimum atomic E-state index is -0.477. The number of aryl methyl sites for hydroxylation is 1. The summed E-state index contributed by atoms with van der Waals surface area (Å²) < 4.78 is 6.52. The molecule has 7 heteroatoms. The van der Waals surface area contributed by atoms with E-state index in [0.717, 1.165) is 0 Å². The molecular formula is C11H10ClN3O2S. The maximum atomic E-state index is 11.6. The zero-order valence-corrected chi connectivity index (χ0v) is 11.3. The molecule has 0 unspecified atom stereocenters. The fraction of sp³-hybridized carbons (Fsp3) is 0.182. The highest BCUT2D eigenvalue weighted by Gasteiger charge is 2.17. The molecule has 5 nitrogen and oxygen atoms in total. The predicted molar refractivity (Wildman–Crippen MR) is 69.8 cm³/mol. The number of aromatic amines is 1. The van der Waals surface area contributed by atoms with E-state index in [4.69, 9.17) is 23.8 Å². The van der Waals surface area contributed by atoms with Crippen molar-refractivity contribution in [2.24, 2.45) is 0 Å². The number of nitrogens with one attached hydrogen (secondary N) is 1. The lowest BCUT2D eigenvalue weighted by Gasteiger charge is -2.01. The highest BCUT2D eigenvalue weighted by atomic mass is 35.5. The molecule has 0 fully saturated rings. The molecule has 2 aromatic rings. The predicted octanol–water partition coefficient (Wildman–Crippen LogP) is 2.68. The summed E-state index contributed by atoms with van der Waals surface area (Å²) in [5.41, 5.74) is 0.947. The van der Waals surface area contributed by atoms with Crippen LogP contribution in [0.25, 0.3) is 5.82 Å². The summed E-state index contributed by atoms with van der Waals surface area (Å²) in [5, 5.41) is 3.31. The van der Waals surface area contributed by atoms with E-state index in [9.17, 15) is 4.79 Å². The molecule has 0 saturated carbocycles. The number of halogens is 1. The van der Waals surface area contributed by atoms with E-state index < -0.39 is 5.97 Å². The van der Waals surface area contributed by atoms with Crippen molar-refractivity contribution < 1.29 is 9.53 Å². The third-order valence-electron chi connectivity index (χ3n) is 2.39. The lowest BCUT2D eigenvalue weighted by Crippen LogP contribution is -2.03. The zero-order chi connectivity index (χ0) is 13.3. The molecule has 0 saturated heterocycles. The van der Waals surface area contributed by atoms with Crippen LogP contribution in [0, 0.1) is 11.6 Å².